The van der Waals surface area contributed by atoms with Crippen LogP contribution in [0.5, 0.6) is 0 Å². The Kier molecular flexibility index (Phi) is 10.6. The first-order chi connectivity index (χ1) is 16.7. The predicted octanol–water partition coefficient (Wildman–Crippen LogP) is 5.33. The number of carbonyl (C=O) groups is 3. The SMILES string of the molecule is C[C@H](CCCN1CCC(NC(=O)OCc2ccccc2)C1)N(C(=O)OC(C)(C)C)C(=O)OC(C)(C)C. The van der Waals surface area contributed by atoms with E-state index >= 15 is 0 Å². The highest BCUT2D eigenvalue weighted by Gasteiger charge is 2.34. The van der Waals surface area contributed by atoms with Crippen LogP contribution in [0, 0.1) is 0 Å². The van der Waals surface area contributed by atoms with Crippen molar-refractivity contribution in [1.82, 2.24) is 15.1 Å². The Morgan fingerprint density at radius 3 is 2.17 bits per heavy atom. The van der Waals surface area contributed by atoms with Crippen LogP contribution >= 0.6 is 0 Å². The number of ether oxygens (including phenoxy) is 3. The van der Waals surface area contributed by atoms with Crippen molar-refractivity contribution >= 4 is 18.3 Å². The lowest BCUT2D eigenvalue weighted by atomic mass is 10.1. The summed E-state index contributed by atoms with van der Waals surface area (Å²) >= 11 is 0. The third-order valence-corrected chi connectivity index (χ3v) is 5.52. The molecule has 0 bridgehead atoms. The fraction of sp³-hybridized carbons (Fsp3) is 0.667. The van der Waals surface area contributed by atoms with Gasteiger partial charge in [0.2, 0.25) is 0 Å². The molecule has 0 aromatic heterocycles. The average Bonchev–Trinajstić information content (AvgIpc) is 3.17. The number of nitrogens with one attached hydrogen (secondary N) is 1. The number of amides is 3. The van der Waals surface area contributed by atoms with Crippen LogP contribution in [0.25, 0.3) is 0 Å². The summed E-state index contributed by atoms with van der Waals surface area (Å²) in [4.78, 5) is 41.0. The van der Waals surface area contributed by atoms with E-state index < -0.39 is 29.5 Å². The number of alkyl carbamates (subject to hydrolysis) is 1. The van der Waals surface area contributed by atoms with E-state index in [1.54, 1.807) is 41.5 Å². The molecule has 0 aliphatic carbocycles. The molecule has 1 unspecified atom stereocenters. The first-order valence-corrected chi connectivity index (χ1v) is 12.7. The van der Waals surface area contributed by atoms with Crippen LogP contribution in [0.15, 0.2) is 30.3 Å². The Balaban J connectivity index is 1.79. The Hall–Kier alpha value is -2.81. The van der Waals surface area contributed by atoms with Crippen molar-refractivity contribution in [3.63, 3.8) is 0 Å². The van der Waals surface area contributed by atoms with Crippen molar-refractivity contribution in [3.05, 3.63) is 35.9 Å². The van der Waals surface area contributed by atoms with Gasteiger partial charge in [-0.05, 0) is 79.8 Å². The molecule has 0 saturated carbocycles. The summed E-state index contributed by atoms with van der Waals surface area (Å²) in [6.07, 6.45) is 0.399. The smallest absolute Gasteiger partial charge is 0.420 e. The van der Waals surface area contributed by atoms with Gasteiger partial charge in [0.25, 0.3) is 0 Å². The number of hydrogen-bond donors (Lipinski definition) is 1. The molecule has 1 aliphatic rings. The third-order valence-electron chi connectivity index (χ3n) is 5.52. The quantitative estimate of drug-likeness (QED) is 0.477. The van der Waals surface area contributed by atoms with E-state index in [0.717, 1.165) is 42.9 Å². The third kappa shape index (κ3) is 10.8. The highest BCUT2D eigenvalue weighted by atomic mass is 16.6. The summed E-state index contributed by atoms with van der Waals surface area (Å²) in [5, 5.41) is 2.94. The van der Waals surface area contributed by atoms with E-state index in [0.29, 0.717) is 6.42 Å². The highest BCUT2D eigenvalue weighted by Crippen LogP contribution is 2.19. The van der Waals surface area contributed by atoms with Crippen molar-refractivity contribution in [2.24, 2.45) is 0 Å². The molecule has 1 fully saturated rings. The van der Waals surface area contributed by atoms with E-state index in [1.807, 2.05) is 37.3 Å². The van der Waals surface area contributed by atoms with E-state index in [2.05, 4.69) is 10.2 Å². The van der Waals surface area contributed by atoms with Crippen LogP contribution in [0.4, 0.5) is 14.4 Å². The summed E-state index contributed by atoms with van der Waals surface area (Å²) in [7, 11) is 0. The Morgan fingerprint density at radius 2 is 1.61 bits per heavy atom. The van der Waals surface area contributed by atoms with E-state index in [1.165, 1.54) is 0 Å². The monoisotopic (exact) mass is 505 g/mol. The first kappa shape index (κ1) is 29.4. The van der Waals surface area contributed by atoms with Crippen molar-refractivity contribution in [2.45, 2.75) is 97.6 Å². The summed E-state index contributed by atoms with van der Waals surface area (Å²) in [6.45, 7) is 15.0. The van der Waals surface area contributed by atoms with Crippen molar-refractivity contribution in [1.29, 1.82) is 0 Å². The number of imide groups is 1. The number of nitrogens with zero attached hydrogens (tertiary/aromatic N) is 2. The zero-order chi connectivity index (χ0) is 26.9. The van der Waals surface area contributed by atoms with Gasteiger partial charge in [0, 0.05) is 25.2 Å². The van der Waals surface area contributed by atoms with Gasteiger partial charge in [0.05, 0.1) is 0 Å². The normalized spacial score (nSPS) is 17.2. The van der Waals surface area contributed by atoms with Crippen LogP contribution < -0.4 is 5.32 Å². The van der Waals surface area contributed by atoms with E-state index in [4.69, 9.17) is 14.2 Å². The molecular weight excluding hydrogens is 462 g/mol. The zero-order valence-corrected chi connectivity index (χ0v) is 22.8. The number of hydrogen-bond acceptors (Lipinski definition) is 7. The van der Waals surface area contributed by atoms with Gasteiger partial charge in [-0.1, -0.05) is 30.3 Å². The number of rotatable bonds is 8. The molecule has 3 amide bonds. The van der Waals surface area contributed by atoms with E-state index in [-0.39, 0.29) is 18.7 Å². The second-order valence-corrected chi connectivity index (χ2v) is 11.3. The molecule has 1 aromatic carbocycles. The van der Waals surface area contributed by atoms with Gasteiger partial charge in [-0.15, -0.1) is 0 Å². The van der Waals surface area contributed by atoms with Crippen molar-refractivity contribution in [2.75, 3.05) is 19.6 Å². The zero-order valence-electron chi connectivity index (χ0n) is 22.8. The standard InChI is InChI=1S/C27H43N3O6/c1-20(30(24(32)35-26(2,3)4)25(33)36-27(5,6)7)12-11-16-29-17-15-22(18-29)28-23(31)34-19-21-13-9-8-10-14-21/h8-10,13-14,20,22H,11-12,15-19H2,1-7H3,(H,28,31)/t20-,22?/m1/s1. The molecule has 2 atom stereocenters. The van der Waals surface area contributed by atoms with Crippen LogP contribution in [0.2, 0.25) is 0 Å². The van der Waals surface area contributed by atoms with Gasteiger partial charge in [-0.2, -0.15) is 0 Å². The molecule has 9 heteroatoms. The molecule has 36 heavy (non-hydrogen) atoms. The topological polar surface area (TPSA) is 97.4 Å². The minimum Gasteiger partial charge on any atom is -0.445 e. The first-order valence-electron chi connectivity index (χ1n) is 12.7. The predicted molar refractivity (Wildman–Crippen MR) is 138 cm³/mol. The maximum Gasteiger partial charge on any atom is 0.420 e. The second-order valence-electron chi connectivity index (χ2n) is 11.3. The Morgan fingerprint density at radius 1 is 1.03 bits per heavy atom. The fourth-order valence-electron chi connectivity index (χ4n) is 3.88. The van der Waals surface area contributed by atoms with Gasteiger partial charge >= 0.3 is 18.3 Å². The van der Waals surface area contributed by atoms with Gasteiger partial charge < -0.3 is 24.4 Å². The van der Waals surface area contributed by atoms with Crippen LogP contribution in [-0.4, -0.2) is 71.0 Å². The maximum absolute atomic E-state index is 12.8. The molecule has 0 spiro atoms. The Bertz CT molecular complexity index is 835. The molecule has 1 N–H and O–H groups in total. The van der Waals surface area contributed by atoms with Crippen LogP contribution in [-0.2, 0) is 20.8 Å². The molecule has 202 valence electrons. The Labute approximate surface area is 215 Å². The second kappa shape index (κ2) is 12.9. The molecule has 1 saturated heterocycles. The summed E-state index contributed by atoms with van der Waals surface area (Å²) in [5.74, 6) is 0. The van der Waals surface area contributed by atoms with Gasteiger partial charge in [0.1, 0.15) is 17.8 Å². The van der Waals surface area contributed by atoms with Crippen LogP contribution in [0.3, 0.4) is 0 Å². The van der Waals surface area contributed by atoms with Crippen LogP contribution in [0.1, 0.15) is 73.3 Å². The molecule has 9 nitrogen and oxygen atoms in total. The molecule has 1 aromatic rings. The molecule has 0 radical (unpaired) electrons. The van der Waals surface area contributed by atoms with E-state index in [9.17, 15) is 14.4 Å². The molecular formula is C27H43N3O6. The van der Waals surface area contributed by atoms with Crippen molar-refractivity contribution < 1.29 is 28.6 Å². The summed E-state index contributed by atoms with van der Waals surface area (Å²) < 4.78 is 16.2. The summed E-state index contributed by atoms with van der Waals surface area (Å²) in [5.41, 5.74) is -0.505. The lowest BCUT2D eigenvalue weighted by Gasteiger charge is -2.32. The fourth-order valence-corrected chi connectivity index (χ4v) is 3.88. The number of carbonyl (C=O) groups excluding carboxylic acids is 3. The van der Waals surface area contributed by atoms with Gasteiger partial charge in [0.15, 0.2) is 0 Å². The van der Waals surface area contributed by atoms with Gasteiger partial charge in [-0.3, -0.25) is 0 Å². The molecule has 2 rings (SSSR count). The minimum absolute atomic E-state index is 0.0331. The average molecular weight is 506 g/mol. The highest BCUT2D eigenvalue weighted by molar-refractivity contribution is 5.88. The number of likely N-dealkylation sites (tertiary alicyclic amines) is 1. The lowest BCUT2D eigenvalue weighted by molar-refractivity contribution is -0.00671. The van der Waals surface area contributed by atoms with Crippen molar-refractivity contribution in [3.8, 4) is 0 Å². The lowest BCUT2D eigenvalue weighted by Crippen LogP contribution is -2.48. The van der Waals surface area contributed by atoms with Gasteiger partial charge in [-0.25, -0.2) is 19.3 Å². The maximum atomic E-state index is 12.8. The number of benzene rings is 1. The minimum atomic E-state index is -0.725. The molecule has 1 heterocycles. The molecule has 1 aliphatic heterocycles. The largest absolute Gasteiger partial charge is 0.445 e. The summed E-state index contributed by atoms with van der Waals surface area (Å²) in [6, 6.07) is 9.21.